The molecule has 2 aromatic carbocycles. The quantitative estimate of drug-likeness (QED) is 0.0688. The summed E-state index contributed by atoms with van der Waals surface area (Å²) in [5.74, 6) is 0.403. The summed E-state index contributed by atoms with van der Waals surface area (Å²) in [4.78, 5) is 12.7. The number of carbonyl (C=O) groups is 1. The fourth-order valence-corrected chi connectivity index (χ4v) is 5.08. The third kappa shape index (κ3) is 15.1. The van der Waals surface area contributed by atoms with Crippen LogP contribution in [-0.4, -0.2) is 37.4 Å². The molecule has 0 saturated heterocycles. The highest BCUT2D eigenvalue weighted by Gasteiger charge is 2.23. The van der Waals surface area contributed by atoms with E-state index in [1.165, 1.54) is 81.8 Å². The van der Waals surface area contributed by atoms with Crippen molar-refractivity contribution < 1.29 is 18.8 Å². The van der Waals surface area contributed by atoms with Crippen LogP contribution in [0.2, 0.25) is 0 Å². The first-order chi connectivity index (χ1) is 18.8. The van der Waals surface area contributed by atoms with Crippen molar-refractivity contribution in [3.05, 3.63) is 65.7 Å². The molecule has 0 fully saturated rings. The number of nitrogens with zero attached hydrogens (tertiary/aromatic N) is 1. The minimum absolute atomic E-state index is 0.170. The van der Waals surface area contributed by atoms with Gasteiger partial charge < -0.3 is 14.0 Å². The van der Waals surface area contributed by atoms with E-state index in [-0.39, 0.29) is 11.9 Å². The smallest absolute Gasteiger partial charge is 0.311 e. The van der Waals surface area contributed by atoms with Crippen molar-refractivity contribution in [1.82, 2.24) is 0 Å². The molecule has 2 rings (SSSR count). The molecule has 0 N–H and O–H groups in total. The Hall–Kier alpha value is -2.33. The first-order valence-corrected chi connectivity index (χ1v) is 15.6. The molecule has 39 heavy (non-hydrogen) atoms. The number of hydrogen-bond donors (Lipinski definition) is 0. The summed E-state index contributed by atoms with van der Waals surface area (Å²) in [6.45, 7) is 7.87. The van der Waals surface area contributed by atoms with Crippen LogP contribution in [0.25, 0.3) is 0 Å². The van der Waals surface area contributed by atoms with Gasteiger partial charge in [0.2, 0.25) is 6.29 Å². The van der Waals surface area contributed by atoms with Crippen molar-refractivity contribution in [1.29, 1.82) is 0 Å². The Balaban J connectivity index is 1.62. The van der Waals surface area contributed by atoms with E-state index in [0.29, 0.717) is 0 Å². The predicted molar refractivity (Wildman–Crippen MR) is 164 cm³/mol. The average Bonchev–Trinajstić information content (AvgIpc) is 2.91. The van der Waals surface area contributed by atoms with Crippen LogP contribution in [0, 0.1) is 5.92 Å². The standard InChI is InChI=1S/C35H56NO3/c1-6-7-8-9-10-11-12-13-14-15-17-21-32-24-20-25-34(28-32)38-31(3)39-35(37)30(2)26-27-36(4,5)29-33-22-18-16-19-23-33/h16,18-20,22-25,28,30-31H,6-15,17,21,26-27,29H2,1-5H3/q+1. The molecular formula is C35H56NO3+. The van der Waals surface area contributed by atoms with E-state index >= 15 is 0 Å². The minimum Gasteiger partial charge on any atom is -0.455 e. The van der Waals surface area contributed by atoms with Gasteiger partial charge in [-0.15, -0.1) is 0 Å². The van der Waals surface area contributed by atoms with E-state index in [0.717, 1.165) is 36.2 Å². The zero-order chi connectivity index (χ0) is 28.3. The molecule has 0 radical (unpaired) electrons. The van der Waals surface area contributed by atoms with Crippen LogP contribution in [0.1, 0.15) is 109 Å². The largest absolute Gasteiger partial charge is 0.455 e. The van der Waals surface area contributed by atoms with Gasteiger partial charge in [-0.2, -0.15) is 0 Å². The summed E-state index contributed by atoms with van der Waals surface area (Å²) < 4.78 is 12.4. The lowest BCUT2D eigenvalue weighted by atomic mass is 10.0. The molecule has 2 unspecified atom stereocenters. The van der Waals surface area contributed by atoms with Gasteiger partial charge in [0.15, 0.2) is 0 Å². The monoisotopic (exact) mass is 538 g/mol. The van der Waals surface area contributed by atoms with E-state index in [9.17, 15) is 4.79 Å². The summed E-state index contributed by atoms with van der Waals surface area (Å²) in [6.07, 6.45) is 16.2. The Morgan fingerprint density at radius 2 is 1.36 bits per heavy atom. The van der Waals surface area contributed by atoms with Crippen LogP contribution < -0.4 is 4.74 Å². The molecule has 2 atom stereocenters. The lowest BCUT2D eigenvalue weighted by Crippen LogP contribution is -2.41. The number of benzene rings is 2. The van der Waals surface area contributed by atoms with E-state index < -0.39 is 6.29 Å². The third-order valence-electron chi connectivity index (χ3n) is 7.57. The molecule has 0 saturated carbocycles. The number of rotatable bonds is 21. The average molecular weight is 539 g/mol. The van der Waals surface area contributed by atoms with Crippen LogP contribution in [-0.2, 0) is 22.5 Å². The number of ether oxygens (including phenoxy) is 2. The topological polar surface area (TPSA) is 35.5 Å². The van der Waals surface area contributed by atoms with Crippen molar-refractivity contribution in [3.8, 4) is 5.75 Å². The second kappa shape index (κ2) is 18.9. The Morgan fingerprint density at radius 1 is 0.769 bits per heavy atom. The highest BCUT2D eigenvalue weighted by molar-refractivity contribution is 5.72. The Bertz CT molecular complexity index is 911. The molecular weight excluding hydrogens is 482 g/mol. The number of quaternary nitrogens is 1. The first-order valence-electron chi connectivity index (χ1n) is 15.6. The molecule has 0 aliphatic rings. The molecule has 0 aliphatic heterocycles. The van der Waals surface area contributed by atoms with Gasteiger partial charge in [0, 0.05) is 18.9 Å². The number of carbonyl (C=O) groups excluding carboxylic acids is 1. The van der Waals surface area contributed by atoms with E-state index in [1.807, 2.05) is 25.1 Å². The molecule has 0 spiro atoms. The van der Waals surface area contributed by atoms with Gasteiger partial charge in [0.05, 0.1) is 26.6 Å². The molecule has 4 heteroatoms. The van der Waals surface area contributed by atoms with E-state index in [4.69, 9.17) is 9.47 Å². The van der Waals surface area contributed by atoms with Crippen LogP contribution in [0.15, 0.2) is 54.6 Å². The summed E-state index contributed by atoms with van der Waals surface area (Å²) in [5.41, 5.74) is 2.60. The normalized spacial score (nSPS) is 13.2. The van der Waals surface area contributed by atoms with E-state index in [2.05, 4.69) is 57.4 Å². The summed E-state index contributed by atoms with van der Waals surface area (Å²) in [5, 5.41) is 0. The zero-order valence-electron chi connectivity index (χ0n) is 25.6. The van der Waals surface area contributed by atoms with Crippen LogP contribution in [0.5, 0.6) is 5.75 Å². The van der Waals surface area contributed by atoms with Gasteiger partial charge in [0.1, 0.15) is 12.3 Å². The molecule has 0 aromatic heterocycles. The maximum atomic E-state index is 12.7. The van der Waals surface area contributed by atoms with Crippen molar-refractivity contribution >= 4 is 5.97 Å². The molecule has 218 valence electrons. The minimum atomic E-state index is -0.607. The predicted octanol–water partition coefficient (Wildman–Crippen LogP) is 9.11. The van der Waals surface area contributed by atoms with Crippen molar-refractivity contribution in [3.63, 3.8) is 0 Å². The van der Waals surface area contributed by atoms with Gasteiger partial charge in [0.25, 0.3) is 0 Å². The number of aryl methyl sites for hydroxylation is 1. The first kappa shape index (κ1) is 32.9. The van der Waals surface area contributed by atoms with Crippen molar-refractivity contribution in [2.75, 3.05) is 20.6 Å². The maximum absolute atomic E-state index is 12.7. The molecule has 0 bridgehead atoms. The molecule has 2 aromatic rings. The van der Waals surface area contributed by atoms with Crippen molar-refractivity contribution in [2.45, 2.75) is 117 Å². The van der Waals surface area contributed by atoms with Gasteiger partial charge in [-0.25, -0.2) is 0 Å². The lowest BCUT2D eigenvalue weighted by Gasteiger charge is -2.31. The highest BCUT2D eigenvalue weighted by Crippen LogP contribution is 2.20. The fraction of sp³-hybridized carbons (Fsp3) is 0.629. The SMILES string of the molecule is CCCCCCCCCCCCCc1cccc(OC(C)OC(=O)C(C)CC[N+](C)(C)Cc2ccccc2)c1. The van der Waals surface area contributed by atoms with Gasteiger partial charge in [-0.1, -0.05) is 121 Å². The summed E-state index contributed by atoms with van der Waals surface area (Å²) in [6, 6.07) is 18.7. The van der Waals surface area contributed by atoms with Crippen LogP contribution in [0.4, 0.5) is 0 Å². The maximum Gasteiger partial charge on any atom is 0.311 e. The van der Waals surface area contributed by atoms with Gasteiger partial charge in [-0.05, 0) is 30.5 Å². The van der Waals surface area contributed by atoms with Gasteiger partial charge >= 0.3 is 5.97 Å². The second-order valence-corrected chi connectivity index (χ2v) is 12.0. The Morgan fingerprint density at radius 3 is 2.00 bits per heavy atom. The number of unbranched alkanes of at least 4 members (excludes halogenated alkanes) is 10. The Kier molecular flexibility index (Phi) is 15.9. The van der Waals surface area contributed by atoms with E-state index in [1.54, 1.807) is 6.92 Å². The number of esters is 1. The number of hydrogen-bond acceptors (Lipinski definition) is 3. The highest BCUT2D eigenvalue weighted by atomic mass is 16.7. The van der Waals surface area contributed by atoms with Crippen LogP contribution in [0.3, 0.4) is 0 Å². The molecule has 0 aliphatic carbocycles. The lowest BCUT2D eigenvalue weighted by molar-refractivity contribution is -0.904. The summed E-state index contributed by atoms with van der Waals surface area (Å²) in [7, 11) is 4.42. The Labute approximate surface area is 239 Å². The molecule has 4 nitrogen and oxygen atoms in total. The van der Waals surface area contributed by atoms with Gasteiger partial charge in [-0.3, -0.25) is 4.79 Å². The molecule has 0 heterocycles. The fourth-order valence-electron chi connectivity index (χ4n) is 5.08. The third-order valence-corrected chi connectivity index (χ3v) is 7.57. The molecule has 0 amide bonds. The summed E-state index contributed by atoms with van der Waals surface area (Å²) >= 11 is 0. The van der Waals surface area contributed by atoms with Crippen LogP contribution >= 0.6 is 0 Å². The van der Waals surface area contributed by atoms with Crippen molar-refractivity contribution in [2.24, 2.45) is 5.92 Å². The second-order valence-electron chi connectivity index (χ2n) is 12.0. The zero-order valence-corrected chi connectivity index (χ0v) is 25.6.